The second-order valence-corrected chi connectivity index (χ2v) is 4.02. The summed E-state index contributed by atoms with van der Waals surface area (Å²) in [4.78, 5) is 0. The van der Waals surface area contributed by atoms with Crippen molar-refractivity contribution in [2.75, 3.05) is 0 Å². The molecule has 0 bridgehead atoms. The van der Waals surface area contributed by atoms with Gasteiger partial charge in [-0.1, -0.05) is 18.2 Å². The molecule has 94 valence electrons. The molecule has 0 fully saturated rings. The maximum absolute atomic E-state index is 13.0. The molecule has 0 aliphatic heterocycles. The molecule has 2 aromatic carbocycles. The van der Waals surface area contributed by atoms with Crippen LogP contribution in [0.2, 0.25) is 0 Å². The highest BCUT2D eigenvalue weighted by Gasteiger charge is 2.11. The number of aliphatic hydroxyl groups is 1. The molecule has 0 heterocycles. The van der Waals surface area contributed by atoms with E-state index in [1.54, 1.807) is 12.1 Å². The van der Waals surface area contributed by atoms with Gasteiger partial charge in [-0.3, -0.25) is 0 Å². The first-order chi connectivity index (χ1) is 8.56. The van der Waals surface area contributed by atoms with Crippen molar-refractivity contribution in [2.24, 2.45) is 0 Å². The Labute approximate surface area is 103 Å². The zero-order valence-corrected chi connectivity index (χ0v) is 9.41. The molecule has 1 N–H and O–H groups in total. The monoisotopic (exact) mass is 252 g/mol. The molecule has 4 heteroatoms. The van der Waals surface area contributed by atoms with Gasteiger partial charge in [0.25, 0.3) is 0 Å². The van der Waals surface area contributed by atoms with Crippen LogP contribution in [0.15, 0.2) is 42.5 Å². The lowest BCUT2D eigenvalue weighted by Gasteiger charge is -2.11. The number of benzene rings is 2. The Morgan fingerprint density at radius 1 is 0.889 bits per heavy atom. The summed E-state index contributed by atoms with van der Waals surface area (Å²) in [5, 5.41) is 9.88. The van der Waals surface area contributed by atoms with Crippen LogP contribution in [0.25, 0.3) is 0 Å². The molecule has 0 aromatic heterocycles. The average molecular weight is 252 g/mol. The van der Waals surface area contributed by atoms with Crippen molar-refractivity contribution < 1.29 is 18.3 Å². The number of hydrogen-bond donors (Lipinski definition) is 1. The van der Waals surface area contributed by atoms with Crippen LogP contribution in [-0.4, -0.2) is 5.11 Å². The summed E-state index contributed by atoms with van der Waals surface area (Å²) < 4.78 is 38.4. The zero-order valence-electron chi connectivity index (χ0n) is 9.41. The molecular formula is C14H11F3O. The molecule has 1 nitrogen and oxygen atoms in total. The summed E-state index contributed by atoms with van der Waals surface area (Å²) in [6.45, 7) is 0. The van der Waals surface area contributed by atoms with E-state index in [0.29, 0.717) is 11.1 Å². The van der Waals surface area contributed by atoms with Gasteiger partial charge in [0.1, 0.15) is 5.82 Å². The van der Waals surface area contributed by atoms with Gasteiger partial charge >= 0.3 is 0 Å². The van der Waals surface area contributed by atoms with E-state index in [-0.39, 0.29) is 12.2 Å². The SMILES string of the molecule is OC(Cc1ccc(F)cc1)c1ccc(F)c(F)c1. The number of aliphatic hydroxyl groups excluding tert-OH is 1. The number of rotatable bonds is 3. The molecular weight excluding hydrogens is 241 g/mol. The summed E-state index contributed by atoms with van der Waals surface area (Å²) in [5.74, 6) is -2.31. The van der Waals surface area contributed by atoms with Crippen molar-refractivity contribution in [3.8, 4) is 0 Å². The Bertz CT molecular complexity index is 537. The summed E-state index contributed by atoms with van der Waals surface area (Å²) in [6.07, 6.45) is -0.740. The second-order valence-electron chi connectivity index (χ2n) is 4.02. The maximum atomic E-state index is 13.0. The van der Waals surface area contributed by atoms with Crippen molar-refractivity contribution in [3.63, 3.8) is 0 Å². The van der Waals surface area contributed by atoms with Crippen LogP contribution < -0.4 is 0 Å². The molecule has 0 radical (unpaired) electrons. The lowest BCUT2D eigenvalue weighted by atomic mass is 10.0. The topological polar surface area (TPSA) is 20.2 Å². The fourth-order valence-electron chi connectivity index (χ4n) is 1.68. The summed E-state index contributed by atoms with van der Waals surface area (Å²) in [5.41, 5.74) is 1.01. The molecule has 0 aliphatic carbocycles. The first-order valence-corrected chi connectivity index (χ1v) is 5.44. The van der Waals surface area contributed by atoms with Crippen LogP contribution in [-0.2, 0) is 6.42 Å². The van der Waals surface area contributed by atoms with E-state index in [0.717, 1.165) is 12.1 Å². The quantitative estimate of drug-likeness (QED) is 0.887. The van der Waals surface area contributed by atoms with Crippen LogP contribution in [0.3, 0.4) is 0 Å². The van der Waals surface area contributed by atoms with Crippen LogP contribution in [0.5, 0.6) is 0 Å². The normalized spacial score (nSPS) is 12.4. The van der Waals surface area contributed by atoms with Gasteiger partial charge in [-0.15, -0.1) is 0 Å². The van der Waals surface area contributed by atoms with Gasteiger partial charge in [-0.05, 0) is 35.4 Å². The van der Waals surface area contributed by atoms with E-state index < -0.39 is 17.7 Å². The molecule has 0 spiro atoms. The molecule has 0 aliphatic rings. The zero-order chi connectivity index (χ0) is 13.1. The van der Waals surface area contributed by atoms with Crippen molar-refractivity contribution in [3.05, 3.63) is 71.0 Å². The largest absolute Gasteiger partial charge is 0.388 e. The number of hydrogen-bond acceptors (Lipinski definition) is 1. The van der Waals surface area contributed by atoms with Gasteiger partial charge in [0, 0.05) is 6.42 Å². The third kappa shape index (κ3) is 2.90. The van der Waals surface area contributed by atoms with E-state index in [9.17, 15) is 18.3 Å². The maximum Gasteiger partial charge on any atom is 0.159 e. The minimum absolute atomic E-state index is 0.214. The molecule has 0 saturated carbocycles. The van der Waals surface area contributed by atoms with Crippen molar-refractivity contribution >= 4 is 0 Å². The predicted molar refractivity (Wildman–Crippen MR) is 61.4 cm³/mol. The Kier molecular flexibility index (Phi) is 3.67. The van der Waals surface area contributed by atoms with Gasteiger partial charge in [0.2, 0.25) is 0 Å². The molecule has 0 saturated heterocycles. The van der Waals surface area contributed by atoms with Gasteiger partial charge in [-0.25, -0.2) is 13.2 Å². The molecule has 18 heavy (non-hydrogen) atoms. The summed E-state index contributed by atoms with van der Waals surface area (Å²) in [7, 11) is 0. The van der Waals surface area contributed by atoms with E-state index in [4.69, 9.17) is 0 Å². The smallest absolute Gasteiger partial charge is 0.159 e. The third-order valence-corrected chi connectivity index (χ3v) is 2.67. The van der Waals surface area contributed by atoms with Crippen LogP contribution in [0.1, 0.15) is 17.2 Å². The lowest BCUT2D eigenvalue weighted by molar-refractivity contribution is 0.178. The molecule has 2 rings (SSSR count). The van der Waals surface area contributed by atoms with Gasteiger partial charge < -0.3 is 5.11 Å². The van der Waals surface area contributed by atoms with E-state index in [1.807, 2.05) is 0 Å². The highest BCUT2D eigenvalue weighted by molar-refractivity contribution is 5.24. The molecule has 0 amide bonds. The highest BCUT2D eigenvalue weighted by atomic mass is 19.2. The molecule has 1 atom stereocenters. The fourth-order valence-corrected chi connectivity index (χ4v) is 1.68. The average Bonchev–Trinajstić information content (AvgIpc) is 2.35. The van der Waals surface area contributed by atoms with E-state index in [1.165, 1.54) is 18.2 Å². The predicted octanol–water partition coefficient (Wildman–Crippen LogP) is 3.38. The van der Waals surface area contributed by atoms with E-state index >= 15 is 0 Å². The fraction of sp³-hybridized carbons (Fsp3) is 0.143. The Morgan fingerprint density at radius 2 is 1.56 bits per heavy atom. The van der Waals surface area contributed by atoms with Crippen LogP contribution in [0.4, 0.5) is 13.2 Å². The Hall–Kier alpha value is -1.81. The van der Waals surface area contributed by atoms with Crippen molar-refractivity contribution in [1.82, 2.24) is 0 Å². The van der Waals surface area contributed by atoms with Gasteiger partial charge in [0.15, 0.2) is 11.6 Å². The van der Waals surface area contributed by atoms with Gasteiger partial charge in [-0.2, -0.15) is 0 Å². The lowest BCUT2D eigenvalue weighted by Crippen LogP contribution is -2.03. The number of halogens is 3. The standard InChI is InChI=1S/C14H11F3O/c15-11-4-1-9(2-5-11)7-14(18)10-3-6-12(16)13(17)8-10/h1-6,8,14,18H,7H2. The third-order valence-electron chi connectivity index (χ3n) is 2.67. The Morgan fingerprint density at radius 3 is 2.17 bits per heavy atom. The second kappa shape index (κ2) is 5.23. The highest BCUT2D eigenvalue weighted by Crippen LogP contribution is 2.20. The molecule has 2 aromatic rings. The van der Waals surface area contributed by atoms with Crippen molar-refractivity contribution in [1.29, 1.82) is 0 Å². The molecule has 1 unspecified atom stereocenters. The van der Waals surface area contributed by atoms with E-state index in [2.05, 4.69) is 0 Å². The summed E-state index contributed by atoms with van der Waals surface area (Å²) >= 11 is 0. The van der Waals surface area contributed by atoms with Crippen LogP contribution >= 0.6 is 0 Å². The van der Waals surface area contributed by atoms with Crippen LogP contribution in [0, 0.1) is 17.5 Å². The summed E-state index contributed by atoms with van der Waals surface area (Å²) in [6, 6.07) is 8.91. The first kappa shape index (κ1) is 12.6. The minimum atomic E-state index is -0.995. The first-order valence-electron chi connectivity index (χ1n) is 5.44. The van der Waals surface area contributed by atoms with Gasteiger partial charge in [0.05, 0.1) is 6.10 Å². The van der Waals surface area contributed by atoms with Crippen molar-refractivity contribution in [2.45, 2.75) is 12.5 Å². The minimum Gasteiger partial charge on any atom is -0.388 e. The Balaban J connectivity index is 2.13.